The molecule has 3 aliphatic rings. The highest BCUT2D eigenvalue weighted by Gasteiger charge is 2.45. The van der Waals surface area contributed by atoms with E-state index in [1.54, 1.807) is 0 Å². The summed E-state index contributed by atoms with van der Waals surface area (Å²) in [4.78, 5) is 12.7. The maximum atomic E-state index is 12.7. The molecule has 1 aromatic carbocycles. The summed E-state index contributed by atoms with van der Waals surface area (Å²) < 4.78 is 0. The molecule has 3 atom stereocenters. The zero-order valence-electron chi connectivity index (χ0n) is 10.8. The minimum Gasteiger partial charge on any atom is -0.299 e. The summed E-state index contributed by atoms with van der Waals surface area (Å²) in [5.74, 6) is 2.94. The predicted molar refractivity (Wildman–Crippen MR) is 71.3 cm³/mol. The van der Waals surface area contributed by atoms with E-state index < -0.39 is 0 Å². The lowest BCUT2D eigenvalue weighted by Crippen LogP contribution is -2.28. The number of benzene rings is 1. The topological polar surface area (TPSA) is 17.1 Å². The van der Waals surface area contributed by atoms with Gasteiger partial charge in [-0.1, -0.05) is 30.7 Å². The molecule has 0 spiro atoms. The summed E-state index contributed by atoms with van der Waals surface area (Å²) in [5, 5.41) is 0. The maximum absolute atomic E-state index is 12.7. The summed E-state index contributed by atoms with van der Waals surface area (Å²) in [6.45, 7) is 0. The van der Waals surface area contributed by atoms with E-state index in [2.05, 4.69) is 24.3 Å². The molecule has 2 fully saturated rings. The van der Waals surface area contributed by atoms with Gasteiger partial charge in [-0.2, -0.15) is 0 Å². The molecule has 2 bridgehead atoms. The first-order valence-corrected chi connectivity index (χ1v) is 7.42. The van der Waals surface area contributed by atoms with E-state index in [1.807, 2.05) is 0 Å². The van der Waals surface area contributed by atoms with Crippen molar-refractivity contribution < 1.29 is 4.79 Å². The van der Waals surface area contributed by atoms with Crippen LogP contribution in [-0.2, 0) is 17.6 Å². The molecule has 0 aliphatic heterocycles. The summed E-state index contributed by atoms with van der Waals surface area (Å²) >= 11 is 0. The van der Waals surface area contributed by atoms with Gasteiger partial charge in [0.25, 0.3) is 0 Å². The Labute approximate surface area is 109 Å². The van der Waals surface area contributed by atoms with Crippen LogP contribution in [0.2, 0.25) is 0 Å². The lowest BCUT2D eigenvalue weighted by Gasteiger charge is -2.23. The fraction of sp³-hybridized carbons (Fsp3) is 0.588. The second-order valence-corrected chi connectivity index (χ2v) is 6.56. The van der Waals surface area contributed by atoms with Crippen molar-refractivity contribution in [2.75, 3.05) is 0 Å². The monoisotopic (exact) mass is 240 g/mol. The number of rotatable bonds is 2. The minimum atomic E-state index is 0.298. The number of carbonyl (C=O) groups is 1. The van der Waals surface area contributed by atoms with Gasteiger partial charge in [-0.3, -0.25) is 4.79 Å². The molecule has 0 heterocycles. The number of hydrogen-bond acceptors (Lipinski definition) is 1. The van der Waals surface area contributed by atoms with Gasteiger partial charge in [0.15, 0.2) is 0 Å². The van der Waals surface area contributed by atoms with Crippen LogP contribution >= 0.6 is 0 Å². The Bertz CT molecular complexity index is 465. The van der Waals surface area contributed by atoms with Crippen molar-refractivity contribution in [3.8, 4) is 0 Å². The van der Waals surface area contributed by atoms with Gasteiger partial charge in [0, 0.05) is 11.8 Å². The minimum absolute atomic E-state index is 0.298. The molecule has 2 saturated carbocycles. The second-order valence-electron chi connectivity index (χ2n) is 6.56. The van der Waals surface area contributed by atoms with Crippen molar-refractivity contribution in [3.63, 3.8) is 0 Å². The number of Topliss-reactive ketones (excluding diaryl/α,β-unsaturated/α-hetero) is 1. The first-order valence-electron chi connectivity index (χ1n) is 7.42. The van der Waals surface area contributed by atoms with Crippen LogP contribution in [0.4, 0.5) is 0 Å². The molecule has 0 N–H and O–H groups in total. The maximum Gasteiger partial charge on any atom is 0.139 e. The van der Waals surface area contributed by atoms with E-state index in [4.69, 9.17) is 0 Å². The van der Waals surface area contributed by atoms with Crippen molar-refractivity contribution in [3.05, 3.63) is 35.4 Å². The van der Waals surface area contributed by atoms with E-state index >= 15 is 0 Å². The molecule has 0 aromatic heterocycles. The molecule has 0 amide bonds. The number of carbonyl (C=O) groups excluding carboxylic acids is 1. The van der Waals surface area contributed by atoms with Gasteiger partial charge < -0.3 is 0 Å². The first kappa shape index (κ1) is 10.8. The summed E-state index contributed by atoms with van der Waals surface area (Å²) in [5.41, 5.74) is 2.83. The third-order valence-corrected chi connectivity index (χ3v) is 5.56. The highest BCUT2D eigenvalue weighted by molar-refractivity contribution is 5.85. The van der Waals surface area contributed by atoms with Crippen LogP contribution in [0.25, 0.3) is 0 Å². The summed E-state index contributed by atoms with van der Waals surface area (Å²) in [7, 11) is 0. The fourth-order valence-electron chi connectivity index (χ4n) is 4.66. The van der Waals surface area contributed by atoms with E-state index in [0.29, 0.717) is 17.6 Å². The molecule has 1 aromatic rings. The van der Waals surface area contributed by atoms with E-state index in [1.165, 1.54) is 36.8 Å². The lowest BCUT2D eigenvalue weighted by molar-refractivity contribution is -0.128. The SMILES string of the molecule is O=C(C1Cc2ccccc2C1)C1CC2CCC1C2. The van der Waals surface area contributed by atoms with Gasteiger partial charge in [0.1, 0.15) is 5.78 Å². The Balaban J connectivity index is 1.51. The highest BCUT2D eigenvalue weighted by Crippen LogP contribution is 2.50. The number of fused-ring (bicyclic) bond motifs is 3. The Morgan fingerprint density at radius 3 is 2.28 bits per heavy atom. The first-order chi connectivity index (χ1) is 8.81. The van der Waals surface area contributed by atoms with Crippen LogP contribution in [0.15, 0.2) is 24.3 Å². The van der Waals surface area contributed by atoms with Crippen LogP contribution in [-0.4, -0.2) is 5.78 Å². The summed E-state index contributed by atoms with van der Waals surface area (Å²) in [6.07, 6.45) is 7.26. The molecule has 1 nitrogen and oxygen atoms in total. The number of ketones is 1. The van der Waals surface area contributed by atoms with Gasteiger partial charge >= 0.3 is 0 Å². The fourth-order valence-corrected chi connectivity index (χ4v) is 4.66. The normalized spacial score (nSPS) is 33.9. The van der Waals surface area contributed by atoms with Crippen molar-refractivity contribution in [2.45, 2.75) is 38.5 Å². The van der Waals surface area contributed by atoms with Crippen LogP contribution in [0.1, 0.15) is 36.8 Å². The quantitative estimate of drug-likeness (QED) is 0.774. The molecule has 4 rings (SSSR count). The third-order valence-electron chi connectivity index (χ3n) is 5.56. The molecule has 1 heteroatoms. The predicted octanol–water partition coefficient (Wildman–Crippen LogP) is 3.41. The standard InChI is InChI=1S/C17H20O/c18-17(16-8-11-5-6-14(16)7-11)15-9-12-3-1-2-4-13(12)10-15/h1-4,11,14-16H,5-10H2. The van der Waals surface area contributed by atoms with E-state index in [0.717, 1.165) is 24.7 Å². The zero-order chi connectivity index (χ0) is 12.1. The van der Waals surface area contributed by atoms with Gasteiger partial charge in [0.2, 0.25) is 0 Å². The summed E-state index contributed by atoms with van der Waals surface area (Å²) in [6, 6.07) is 8.60. The van der Waals surface area contributed by atoms with Gasteiger partial charge in [-0.05, 0) is 55.1 Å². The smallest absolute Gasteiger partial charge is 0.139 e. The Hall–Kier alpha value is -1.11. The Morgan fingerprint density at radius 1 is 1.00 bits per heavy atom. The Morgan fingerprint density at radius 2 is 1.72 bits per heavy atom. The molecule has 3 aliphatic carbocycles. The van der Waals surface area contributed by atoms with Crippen LogP contribution in [0.5, 0.6) is 0 Å². The lowest BCUT2D eigenvalue weighted by atomic mass is 9.80. The average molecular weight is 240 g/mol. The molecule has 0 saturated heterocycles. The second kappa shape index (κ2) is 3.94. The average Bonchev–Trinajstić information content (AvgIpc) is 3.11. The highest BCUT2D eigenvalue weighted by atomic mass is 16.1. The van der Waals surface area contributed by atoms with Crippen LogP contribution in [0, 0.1) is 23.7 Å². The molecule has 3 unspecified atom stereocenters. The van der Waals surface area contributed by atoms with Crippen molar-refractivity contribution in [1.29, 1.82) is 0 Å². The van der Waals surface area contributed by atoms with Crippen molar-refractivity contribution in [1.82, 2.24) is 0 Å². The van der Waals surface area contributed by atoms with Crippen LogP contribution in [0.3, 0.4) is 0 Å². The molecule has 18 heavy (non-hydrogen) atoms. The zero-order valence-corrected chi connectivity index (χ0v) is 10.8. The third kappa shape index (κ3) is 1.56. The Kier molecular flexibility index (Phi) is 2.36. The van der Waals surface area contributed by atoms with Gasteiger partial charge in [-0.15, -0.1) is 0 Å². The van der Waals surface area contributed by atoms with Gasteiger partial charge in [-0.25, -0.2) is 0 Å². The molecule has 94 valence electrons. The van der Waals surface area contributed by atoms with Crippen LogP contribution < -0.4 is 0 Å². The molecule has 0 radical (unpaired) electrons. The largest absolute Gasteiger partial charge is 0.299 e. The van der Waals surface area contributed by atoms with Gasteiger partial charge in [0.05, 0.1) is 0 Å². The van der Waals surface area contributed by atoms with Crippen molar-refractivity contribution in [2.24, 2.45) is 23.7 Å². The number of hydrogen-bond donors (Lipinski definition) is 0. The van der Waals surface area contributed by atoms with Crippen molar-refractivity contribution >= 4 is 5.78 Å². The van der Waals surface area contributed by atoms with E-state index in [9.17, 15) is 4.79 Å². The molecular weight excluding hydrogens is 220 g/mol. The van der Waals surface area contributed by atoms with E-state index in [-0.39, 0.29) is 0 Å². The molecular formula is C17H20O.